The molecule has 80 valence electrons. The van der Waals surface area contributed by atoms with Gasteiger partial charge in [-0.1, -0.05) is 0 Å². The Morgan fingerprint density at radius 2 is 1.87 bits per heavy atom. The smallest absolute Gasteiger partial charge is 0.311 e. The molecule has 1 aromatic rings. The number of hydrogen-bond acceptors (Lipinski definition) is 4. The predicted molar refractivity (Wildman–Crippen MR) is 53.9 cm³/mol. The van der Waals surface area contributed by atoms with Crippen LogP contribution < -0.4 is 9.47 Å². The van der Waals surface area contributed by atoms with E-state index in [2.05, 4.69) is 0 Å². The molecule has 0 bridgehead atoms. The summed E-state index contributed by atoms with van der Waals surface area (Å²) in [4.78, 5) is 21.1. The van der Waals surface area contributed by atoms with E-state index in [4.69, 9.17) is 9.47 Å². The fraction of sp³-hybridized carbons (Fsp3) is 0.273. The van der Waals surface area contributed by atoms with E-state index >= 15 is 0 Å². The Hall–Kier alpha value is -1.84. The molecule has 0 saturated carbocycles. The zero-order chi connectivity index (χ0) is 11.1. The van der Waals surface area contributed by atoms with Crippen molar-refractivity contribution in [1.82, 2.24) is 0 Å². The third kappa shape index (κ3) is 3.81. The summed E-state index contributed by atoms with van der Waals surface area (Å²) in [5.41, 5.74) is 0. The Morgan fingerprint density at radius 3 is 2.40 bits per heavy atom. The SMILES string of the molecule is COc1ccc(OC(=O)CCC=O)cc1. The molecule has 15 heavy (non-hydrogen) atoms. The lowest BCUT2D eigenvalue weighted by molar-refractivity contribution is -0.135. The normalized spacial score (nSPS) is 9.40. The molecule has 0 amide bonds. The summed E-state index contributed by atoms with van der Waals surface area (Å²) in [6, 6.07) is 6.67. The van der Waals surface area contributed by atoms with Crippen LogP contribution in [0.3, 0.4) is 0 Å². The van der Waals surface area contributed by atoms with Crippen LogP contribution in [0.2, 0.25) is 0 Å². The molecule has 0 atom stereocenters. The quantitative estimate of drug-likeness (QED) is 0.419. The van der Waals surface area contributed by atoms with Crippen molar-refractivity contribution in [3.63, 3.8) is 0 Å². The van der Waals surface area contributed by atoms with Gasteiger partial charge in [0.15, 0.2) is 0 Å². The molecule has 4 heteroatoms. The Kier molecular flexibility index (Phi) is 4.34. The number of carbonyl (C=O) groups is 2. The van der Waals surface area contributed by atoms with Crippen LogP contribution in [0.25, 0.3) is 0 Å². The first-order valence-corrected chi connectivity index (χ1v) is 4.54. The van der Waals surface area contributed by atoms with Gasteiger partial charge in [0.1, 0.15) is 17.8 Å². The molecule has 0 aromatic heterocycles. The highest BCUT2D eigenvalue weighted by Gasteiger charge is 2.03. The van der Waals surface area contributed by atoms with Gasteiger partial charge in [0.05, 0.1) is 13.5 Å². The van der Waals surface area contributed by atoms with E-state index in [-0.39, 0.29) is 12.8 Å². The van der Waals surface area contributed by atoms with Gasteiger partial charge in [-0.25, -0.2) is 0 Å². The van der Waals surface area contributed by atoms with E-state index in [9.17, 15) is 9.59 Å². The topological polar surface area (TPSA) is 52.6 Å². The molecule has 0 saturated heterocycles. The summed E-state index contributed by atoms with van der Waals surface area (Å²) in [5.74, 6) is 0.738. The maximum absolute atomic E-state index is 11.1. The number of methoxy groups -OCH3 is 1. The molecule has 0 heterocycles. The Balaban J connectivity index is 2.49. The van der Waals surface area contributed by atoms with E-state index in [1.165, 1.54) is 0 Å². The summed E-state index contributed by atoms with van der Waals surface area (Å²) >= 11 is 0. The van der Waals surface area contributed by atoms with Gasteiger partial charge in [0.2, 0.25) is 0 Å². The second kappa shape index (κ2) is 5.80. The lowest BCUT2D eigenvalue weighted by Crippen LogP contribution is -2.07. The van der Waals surface area contributed by atoms with Gasteiger partial charge < -0.3 is 14.3 Å². The molecule has 0 fully saturated rings. The molecule has 4 nitrogen and oxygen atoms in total. The molecule has 0 unspecified atom stereocenters. The lowest BCUT2D eigenvalue weighted by atomic mass is 10.3. The number of carbonyl (C=O) groups excluding carboxylic acids is 2. The Labute approximate surface area is 87.8 Å². The molecule has 0 aliphatic heterocycles. The zero-order valence-corrected chi connectivity index (χ0v) is 8.43. The van der Waals surface area contributed by atoms with Crippen LogP contribution in [0.4, 0.5) is 0 Å². The molecule has 0 spiro atoms. The van der Waals surface area contributed by atoms with E-state index in [0.717, 1.165) is 0 Å². The fourth-order valence-electron chi connectivity index (χ4n) is 1.00. The van der Waals surface area contributed by atoms with Gasteiger partial charge in [0.25, 0.3) is 0 Å². The van der Waals surface area contributed by atoms with Crippen LogP contribution in [0.15, 0.2) is 24.3 Å². The molecule has 0 aliphatic rings. The van der Waals surface area contributed by atoms with Gasteiger partial charge in [-0.15, -0.1) is 0 Å². The van der Waals surface area contributed by atoms with Gasteiger partial charge in [-0.05, 0) is 24.3 Å². The molecular weight excluding hydrogens is 196 g/mol. The second-order valence-electron chi connectivity index (χ2n) is 2.85. The number of benzene rings is 1. The van der Waals surface area contributed by atoms with E-state index in [1.54, 1.807) is 31.4 Å². The van der Waals surface area contributed by atoms with Gasteiger partial charge in [0, 0.05) is 6.42 Å². The Bertz CT molecular complexity index is 329. The highest BCUT2D eigenvalue weighted by molar-refractivity contribution is 5.74. The van der Waals surface area contributed by atoms with Crippen LogP contribution >= 0.6 is 0 Å². The van der Waals surface area contributed by atoms with Crippen molar-refractivity contribution in [2.75, 3.05) is 7.11 Å². The average molecular weight is 208 g/mol. The maximum atomic E-state index is 11.1. The highest BCUT2D eigenvalue weighted by atomic mass is 16.5. The molecule has 1 aromatic carbocycles. The average Bonchev–Trinajstić information content (AvgIpc) is 2.27. The fourth-order valence-corrected chi connectivity index (χ4v) is 1.00. The van der Waals surface area contributed by atoms with E-state index in [0.29, 0.717) is 17.8 Å². The third-order valence-corrected chi connectivity index (χ3v) is 1.76. The van der Waals surface area contributed by atoms with Crippen LogP contribution in [-0.2, 0) is 9.59 Å². The molecular formula is C11H12O4. The summed E-state index contributed by atoms with van der Waals surface area (Å²) in [6.45, 7) is 0. The van der Waals surface area contributed by atoms with Gasteiger partial charge in [-0.3, -0.25) is 4.79 Å². The van der Waals surface area contributed by atoms with E-state index < -0.39 is 5.97 Å². The first-order valence-electron chi connectivity index (χ1n) is 4.54. The van der Waals surface area contributed by atoms with Crippen molar-refractivity contribution in [2.24, 2.45) is 0 Å². The monoisotopic (exact) mass is 208 g/mol. The van der Waals surface area contributed by atoms with Crippen LogP contribution in [-0.4, -0.2) is 19.4 Å². The highest BCUT2D eigenvalue weighted by Crippen LogP contribution is 2.17. The van der Waals surface area contributed by atoms with Crippen LogP contribution in [0.5, 0.6) is 11.5 Å². The minimum absolute atomic E-state index is 0.107. The largest absolute Gasteiger partial charge is 0.497 e. The first kappa shape index (κ1) is 11.2. The van der Waals surface area contributed by atoms with Crippen molar-refractivity contribution in [3.8, 4) is 11.5 Å². The van der Waals surface area contributed by atoms with Crippen molar-refractivity contribution in [2.45, 2.75) is 12.8 Å². The lowest BCUT2D eigenvalue weighted by Gasteiger charge is -2.03. The zero-order valence-electron chi connectivity index (χ0n) is 8.43. The first-order chi connectivity index (χ1) is 7.26. The van der Waals surface area contributed by atoms with Crippen molar-refractivity contribution < 1.29 is 19.1 Å². The van der Waals surface area contributed by atoms with Gasteiger partial charge in [-0.2, -0.15) is 0 Å². The number of hydrogen-bond donors (Lipinski definition) is 0. The third-order valence-electron chi connectivity index (χ3n) is 1.76. The predicted octanol–water partition coefficient (Wildman–Crippen LogP) is 1.58. The molecule has 0 N–H and O–H groups in total. The van der Waals surface area contributed by atoms with Crippen molar-refractivity contribution in [1.29, 1.82) is 0 Å². The van der Waals surface area contributed by atoms with Crippen LogP contribution in [0, 0.1) is 0 Å². The molecule has 0 aliphatic carbocycles. The minimum Gasteiger partial charge on any atom is -0.497 e. The van der Waals surface area contributed by atoms with Gasteiger partial charge >= 0.3 is 5.97 Å². The van der Waals surface area contributed by atoms with Crippen LogP contribution in [0.1, 0.15) is 12.8 Å². The summed E-state index contributed by atoms with van der Waals surface area (Å²) in [6.07, 6.45) is 0.986. The Morgan fingerprint density at radius 1 is 1.27 bits per heavy atom. The second-order valence-corrected chi connectivity index (χ2v) is 2.85. The minimum atomic E-state index is -0.410. The number of rotatable bonds is 5. The molecule has 0 radical (unpaired) electrons. The number of aldehydes is 1. The van der Waals surface area contributed by atoms with Crippen molar-refractivity contribution >= 4 is 12.3 Å². The maximum Gasteiger partial charge on any atom is 0.311 e. The van der Waals surface area contributed by atoms with E-state index in [1.807, 2.05) is 0 Å². The number of ether oxygens (including phenoxy) is 2. The summed E-state index contributed by atoms with van der Waals surface area (Å²) < 4.78 is 9.91. The standard InChI is InChI=1S/C11H12O4/c1-14-9-4-6-10(7-5-9)15-11(13)3-2-8-12/h4-8H,2-3H2,1H3. The summed E-state index contributed by atoms with van der Waals surface area (Å²) in [5, 5.41) is 0. The molecule has 1 rings (SSSR count). The summed E-state index contributed by atoms with van der Waals surface area (Å²) in [7, 11) is 1.56. The number of esters is 1. The van der Waals surface area contributed by atoms with Crippen molar-refractivity contribution in [3.05, 3.63) is 24.3 Å².